The number of hydrogen-bond acceptors (Lipinski definition) is 4. The van der Waals surface area contributed by atoms with Gasteiger partial charge in [-0.05, 0) is 49.8 Å². The highest BCUT2D eigenvalue weighted by Gasteiger charge is 2.31. The van der Waals surface area contributed by atoms with E-state index in [1.807, 2.05) is 0 Å². The molecule has 1 aliphatic carbocycles. The summed E-state index contributed by atoms with van der Waals surface area (Å²) in [5.74, 6) is -0.449. The second kappa shape index (κ2) is 5.31. The van der Waals surface area contributed by atoms with E-state index in [0.717, 1.165) is 18.9 Å². The van der Waals surface area contributed by atoms with Crippen molar-refractivity contribution in [2.24, 2.45) is 5.92 Å². The summed E-state index contributed by atoms with van der Waals surface area (Å²) in [4.78, 5) is -0.0144. The van der Waals surface area contributed by atoms with E-state index in [2.05, 4.69) is 4.72 Å². The van der Waals surface area contributed by atoms with Crippen molar-refractivity contribution in [2.75, 3.05) is 12.3 Å². The zero-order valence-corrected chi connectivity index (χ0v) is 12.3. The minimum atomic E-state index is -3.82. The van der Waals surface area contributed by atoms with Crippen molar-refractivity contribution in [1.82, 2.24) is 4.72 Å². The van der Waals surface area contributed by atoms with Crippen LogP contribution in [-0.2, 0) is 10.0 Å². The van der Waals surface area contributed by atoms with Crippen LogP contribution in [-0.4, -0.2) is 26.2 Å². The van der Waals surface area contributed by atoms with Gasteiger partial charge in [-0.15, -0.1) is 0 Å². The predicted molar refractivity (Wildman–Crippen MR) is 74.2 cm³/mol. The van der Waals surface area contributed by atoms with Crippen LogP contribution in [0.15, 0.2) is 11.0 Å². The predicted octanol–water partition coefficient (Wildman–Crippen LogP) is 1.07. The molecule has 1 aromatic rings. The molecule has 1 aromatic carbocycles. The van der Waals surface area contributed by atoms with Gasteiger partial charge in [0.15, 0.2) is 0 Å². The zero-order valence-electron chi connectivity index (χ0n) is 11.5. The van der Waals surface area contributed by atoms with E-state index in [9.17, 15) is 17.9 Å². The zero-order chi connectivity index (χ0) is 15.1. The Balaban J connectivity index is 2.27. The van der Waals surface area contributed by atoms with E-state index in [1.54, 1.807) is 0 Å². The highest BCUT2D eigenvalue weighted by molar-refractivity contribution is 7.89. The first-order valence-electron chi connectivity index (χ1n) is 6.47. The minimum Gasteiger partial charge on any atom is -0.396 e. The number of nitrogen functional groups attached to an aromatic ring is 1. The molecule has 0 aromatic heterocycles. The number of nitrogens with one attached hydrogen (secondary N) is 1. The summed E-state index contributed by atoms with van der Waals surface area (Å²) in [6.07, 6.45) is 1.16. The molecule has 1 atom stereocenters. The minimum absolute atomic E-state index is 0.0144. The van der Waals surface area contributed by atoms with Crippen molar-refractivity contribution in [3.05, 3.63) is 23.0 Å². The Hall–Kier alpha value is -1.18. The molecule has 0 heterocycles. The molecular weight excluding hydrogens is 283 g/mol. The molecule has 1 unspecified atom stereocenters. The molecule has 0 spiro atoms. The molecule has 0 aliphatic heterocycles. The third-order valence-corrected chi connectivity index (χ3v) is 5.33. The molecule has 112 valence electrons. The van der Waals surface area contributed by atoms with Gasteiger partial charge in [0.2, 0.25) is 10.0 Å². The van der Waals surface area contributed by atoms with Gasteiger partial charge in [-0.3, -0.25) is 0 Å². The van der Waals surface area contributed by atoms with E-state index in [0.29, 0.717) is 5.56 Å². The van der Waals surface area contributed by atoms with Gasteiger partial charge in [0.25, 0.3) is 0 Å². The molecule has 7 heteroatoms. The molecule has 1 aliphatic rings. The van der Waals surface area contributed by atoms with Crippen LogP contribution in [0.3, 0.4) is 0 Å². The smallest absolute Gasteiger partial charge is 0.241 e. The van der Waals surface area contributed by atoms with Gasteiger partial charge in [0, 0.05) is 6.54 Å². The number of halogens is 1. The fourth-order valence-electron chi connectivity index (χ4n) is 2.26. The number of anilines is 1. The summed E-state index contributed by atoms with van der Waals surface area (Å²) in [7, 11) is -3.82. The van der Waals surface area contributed by atoms with Crippen molar-refractivity contribution in [2.45, 2.75) is 37.7 Å². The fraction of sp³-hybridized carbons (Fsp3) is 0.538. The molecule has 4 N–H and O–H groups in total. The van der Waals surface area contributed by atoms with Crippen LogP contribution in [0.2, 0.25) is 0 Å². The van der Waals surface area contributed by atoms with Crippen LogP contribution < -0.4 is 10.5 Å². The van der Waals surface area contributed by atoms with E-state index in [4.69, 9.17) is 5.73 Å². The maximum Gasteiger partial charge on any atom is 0.241 e. The maximum atomic E-state index is 13.5. The van der Waals surface area contributed by atoms with Crippen LogP contribution in [0.1, 0.15) is 24.0 Å². The molecule has 1 saturated carbocycles. The van der Waals surface area contributed by atoms with Crippen molar-refractivity contribution < 1.29 is 17.9 Å². The molecule has 0 saturated heterocycles. The van der Waals surface area contributed by atoms with Crippen LogP contribution in [0.4, 0.5) is 10.1 Å². The average molecular weight is 302 g/mol. The summed E-state index contributed by atoms with van der Waals surface area (Å²) in [6.45, 7) is 2.95. The first kappa shape index (κ1) is 15.2. The summed E-state index contributed by atoms with van der Waals surface area (Å²) in [5.41, 5.74) is 5.86. The lowest BCUT2D eigenvalue weighted by atomic mass is 10.1. The second-order valence-corrected chi connectivity index (χ2v) is 7.00. The molecular formula is C13H19FN2O3S. The summed E-state index contributed by atoms with van der Waals surface area (Å²) >= 11 is 0. The number of aliphatic hydroxyl groups is 1. The summed E-state index contributed by atoms with van der Waals surface area (Å²) in [6, 6.07) is 1.11. The van der Waals surface area contributed by atoms with Crippen LogP contribution in [0, 0.1) is 25.6 Å². The standard InChI is InChI=1S/C13H19FN2O3S/c1-7-5-10(14)12(15)8(2)13(7)20(18,19)16-6-11(17)9-3-4-9/h5,9,11,16-17H,3-4,6,15H2,1-2H3. The van der Waals surface area contributed by atoms with Gasteiger partial charge in [-0.2, -0.15) is 0 Å². The van der Waals surface area contributed by atoms with Gasteiger partial charge in [-0.25, -0.2) is 17.5 Å². The SMILES string of the molecule is Cc1cc(F)c(N)c(C)c1S(=O)(=O)NCC(O)C1CC1. The first-order valence-corrected chi connectivity index (χ1v) is 7.95. The number of aliphatic hydroxyl groups excluding tert-OH is 1. The van der Waals surface area contributed by atoms with Gasteiger partial charge in [0.1, 0.15) is 5.82 Å². The fourth-order valence-corrected chi connectivity index (χ4v) is 3.79. The van der Waals surface area contributed by atoms with E-state index in [1.165, 1.54) is 13.8 Å². The lowest BCUT2D eigenvalue weighted by molar-refractivity contribution is 0.155. The second-order valence-electron chi connectivity index (χ2n) is 5.30. The number of hydrogen-bond donors (Lipinski definition) is 3. The van der Waals surface area contributed by atoms with Gasteiger partial charge in [0.05, 0.1) is 16.7 Å². The molecule has 1 fully saturated rings. The highest BCUT2D eigenvalue weighted by Crippen LogP contribution is 2.32. The third kappa shape index (κ3) is 2.94. The maximum absolute atomic E-state index is 13.5. The first-order chi connectivity index (χ1) is 9.24. The van der Waals surface area contributed by atoms with Gasteiger partial charge >= 0.3 is 0 Å². The Morgan fingerprint density at radius 2 is 2.10 bits per heavy atom. The highest BCUT2D eigenvalue weighted by atomic mass is 32.2. The largest absolute Gasteiger partial charge is 0.396 e. The molecule has 0 amide bonds. The van der Waals surface area contributed by atoms with Crippen molar-refractivity contribution in [1.29, 1.82) is 0 Å². The lowest BCUT2D eigenvalue weighted by Crippen LogP contribution is -2.34. The summed E-state index contributed by atoms with van der Waals surface area (Å²) < 4.78 is 40.4. The number of benzene rings is 1. The third-order valence-electron chi connectivity index (χ3n) is 3.62. The van der Waals surface area contributed by atoms with Crippen LogP contribution >= 0.6 is 0 Å². The quantitative estimate of drug-likeness (QED) is 0.710. The van der Waals surface area contributed by atoms with Crippen LogP contribution in [0.5, 0.6) is 0 Å². The summed E-state index contributed by atoms with van der Waals surface area (Å²) in [5, 5.41) is 9.72. The van der Waals surface area contributed by atoms with Crippen LogP contribution in [0.25, 0.3) is 0 Å². The molecule has 0 bridgehead atoms. The number of sulfonamides is 1. The topological polar surface area (TPSA) is 92.4 Å². The van der Waals surface area contributed by atoms with E-state index >= 15 is 0 Å². The Morgan fingerprint density at radius 1 is 1.50 bits per heavy atom. The number of nitrogens with two attached hydrogens (primary N) is 1. The Labute approximate surface area is 118 Å². The average Bonchev–Trinajstić information content (AvgIpc) is 3.17. The monoisotopic (exact) mass is 302 g/mol. The molecule has 20 heavy (non-hydrogen) atoms. The molecule has 2 rings (SSSR count). The van der Waals surface area contributed by atoms with E-state index < -0.39 is 21.9 Å². The molecule has 5 nitrogen and oxygen atoms in total. The number of rotatable bonds is 5. The van der Waals surface area contributed by atoms with Gasteiger partial charge in [-0.1, -0.05) is 0 Å². The molecule has 0 radical (unpaired) electrons. The van der Waals surface area contributed by atoms with Crippen molar-refractivity contribution >= 4 is 15.7 Å². The van der Waals surface area contributed by atoms with Crippen molar-refractivity contribution in [3.8, 4) is 0 Å². The Bertz CT molecular complexity index is 627. The van der Waals surface area contributed by atoms with E-state index in [-0.39, 0.29) is 28.6 Å². The Kier molecular flexibility index (Phi) is 4.04. The van der Waals surface area contributed by atoms with Gasteiger partial charge < -0.3 is 10.8 Å². The normalized spacial score (nSPS) is 17.2. The van der Waals surface area contributed by atoms with Crippen molar-refractivity contribution in [3.63, 3.8) is 0 Å². The lowest BCUT2D eigenvalue weighted by Gasteiger charge is -2.16. The number of aryl methyl sites for hydroxylation is 1. The Morgan fingerprint density at radius 3 is 2.65 bits per heavy atom.